The highest BCUT2D eigenvalue weighted by molar-refractivity contribution is 7.91. The van der Waals surface area contributed by atoms with Crippen LogP contribution in [0.2, 0.25) is 0 Å². The normalized spacial score (nSPS) is 15.8. The molecule has 1 aliphatic rings. The number of halogens is 1. The molecule has 8 heteroatoms. The lowest BCUT2D eigenvalue weighted by atomic mass is 9.83. The maximum Gasteiger partial charge on any atom is 0.337 e. The molecule has 6 nitrogen and oxygen atoms in total. The second kappa shape index (κ2) is 8.47. The molecule has 1 aromatic heterocycles. The van der Waals surface area contributed by atoms with Crippen LogP contribution in [0, 0.1) is 5.82 Å². The lowest BCUT2D eigenvalue weighted by Gasteiger charge is -2.27. The molecule has 0 amide bonds. The number of carboxylic acid groups (broad SMARTS) is 1. The number of anilines is 1. The monoisotopic (exact) mass is 440 g/mol. The van der Waals surface area contributed by atoms with E-state index in [-0.39, 0.29) is 21.3 Å². The van der Waals surface area contributed by atoms with E-state index in [4.69, 9.17) is 0 Å². The number of benzene rings is 2. The number of fused-ring (bicyclic) bond motifs is 1. The van der Waals surface area contributed by atoms with Crippen molar-refractivity contribution in [2.75, 3.05) is 11.9 Å². The number of rotatable bonds is 6. The van der Waals surface area contributed by atoms with Crippen molar-refractivity contribution in [2.24, 2.45) is 0 Å². The quantitative estimate of drug-likeness (QED) is 0.594. The third kappa shape index (κ3) is 4.29. The fourth-order valence-corrected chi connectivity index (χ4v) is 5.34. The Balaban J connectivity index is 1.59. The van der Waals surface area contributed by atoms with Gasteiger partial charge in [0.05, 0.1) is 27.2 Å². The van der Waals surface area contributed by atoms with Gasteiger partial charge in [0.1, 0.15) is 5.82 Å². The van der Waals surface area contributed by atoms with E-state index in [0.717, 1.165) is 36.5 Å². The summed E-state index contributed by atoms with van der Waals surface area (Å²) >= 11 is 0. The number of nitrogens with one attached hydrogen (secondary N) is 1. The molecule has 0 aliphatic heterocycles. The number of aromatic nitrogens is 1. The van der Waals surface area contributed by atoms with Crippen molar-refractivity contribution >= 4 is 21.5 Å². The summed E-state index contributed by atoms with van der Waals surface area (Å²) < 4.78 is 39.4. The van der Waals surface area contributed by atoms with Gasteiger partial charge in [-0.25, -0.2) is 17.6 Å². The maximum atomic E-state index is 13.5. The Bertz CT molecular complexity index is 1240. The van der Waals surface area contributed by atoms with Gasteiger partial charge in [0.25, 0.3) is 0 Å². The van der Waals surface area contributed by atoms with Crippen LogP contribution in [-0.2, 0) is 16.3 Å². The van der Waals surface area contributed by atoms with Crippen LogP contribution in [0.3, 0.4) is 0 Å². The molecular formula is C23H21FN2O4S. The number of aromatic carboxylic acids is 1. The number of sulfone groups is 1. The second-order valence-electron chi connectivity index (χ2n) is 7.52. The SMILES string of the molecule is O=C(O)c1ccncc1NCC1CCCc2cc(S(=O)(=O)c3cccc(F)c3)ccc21. The van der Waals surface area contributed by atoms with Crippen LogP contribution >= 0.6 is 0 Å². The average molecular weight is 440 g/mol. The number of pyridine rings is 1. The molecule has 1 unspecified atom stereocenters. The van der Waals surface area contributed by atoms with E-state index >= 15 is 0 Å². The second-order valence-corrected chi connectivity index (χ2v) is 9.47. The van der Waals surface area contributed by atoms with Crippen molar-refractivity contribution in [3.8, 4) is 0 Å². The van der Waals surface area contributed by atoms with E-state index in [2.05, 4.69) is 10.3 Å². The third-order valence-electron chi connectivity index (χ3n) is 5.56. The minimum atomic E-state index is -3.81. The van der Waals surface area contributed by atoms with Crippen LogP contribution in [0.1, 0.15) is 40.2 Å². The van der Waals surface area contributed by atoms with E-state index in [1.54, 1.807) is 12.1 Å². The van der Waals surface area contributed by atoms with E-state index in [1.165, 1.54) is 36.7 Å². The van der Waals surface area contributed by atoms with Crippen molar-refractivity contribution in [3.05, 3.63) is 83.4 Å². The molecule has 3 aromatic rings. The summed E-state index contributed by atoms with van der Waals surface area (Å²) in [6.07, 6.45) is 5.47. The molecule has 1 heterocycles. The van der Waals surface area contributed by atoms with Crippen molar-refractivity contribution in [3.63, 3.8) is 0 Å². The first-order chi connectivity index (χ1) is 14.9. The topological polar surface area (TPSA) is 96.4 Å². The van der Waals surface area contributed by atoms with Gasteiger partial charge in [-0.3, -0.25) is 4.98 Å². The van der Waals surface area contributed by atoms with Gasteiger partial charge < -0.3 is 10.4 Å². The van der Waals surface area contributed by atoms with Gasteiger partial charge in [0.2, 0.25) is 9.84 Å². The third-order valence-corrected chi connectivity index (χ3v) is 7.31. The van der Waals surface area contributed by atoms with Crippen LogP contribution < -0.4 is 5.32 Å². The van der Waals surface area contributed by atoms with Crippen molar-refractivity contribution in [1.29, 1.82) is 0 Å². The van der Waals surface area contributed by atoms with E-state index < -0.39 is 21.6 Å². The molecule has 4 rings (SSSR count). The first kappa shape index (κ1) is 21.0. The highest BCUT2D eigenvalue weighted by Gasteiger charge is 2.25. The molecule has 0 bridgehead atoms. The van der Waals surface area contributed by atoms with Gasteiger partial charge in [-0.2, -0.15) is 0 Å². The highest BCUT2D eigenvalue weighted by atomic mass is 32.2. The molecule has 2 N–H and O–H groups in total. The lowest BCUT2D eigenvalue weighted by molar-refractivity contribution is 0.0697. The zero-order valence-electron chi connectivity index (χ0n) is 16.6. The summed E-state index contributed by atoms with van der Waals surface area (Å²) in [5, 5.41) is 12.5. The first-order valence-electron chi connectivity index (χ1n) is 9.91. The fourth-order valence-electron chi connectivity index (χ4n) is 4.00. The van der Waals surface area contributed by atoms with Gasteiger partial charge in [-0.1, -0.05) is 12.1 Å². The maximum absolute atomic E-state index is 13.5. The highest BCUT2D eigenvalue weighted by Crippen LogP contribution is 2.34. The predicted octanol–water partition coefficient (Wildman–Crippen LogP) is 4.28. The Morgan fingerprint density at radius 1 is 1.16 bits per heavy atom. The van der Waals surface area contributed by atoms with Gasteiger partial charge in [-0.15, -0.1) is 0 Å². The molecule has 0 spiro atoms. The standard InChI is InChI=1S/C23H21FN2O4S/c24-17-5-2-6-18(12-17)31(29,30)19-7-8-20-15(11-19)3-1-4-16(20)13-26-22-14-25-10-9-21(22)23(27)28/h2,5-12,14,16,26H,1,3-4,13H2,(H,27,28). The molecule has 0 saturated carbocycles. The van der Waals surface area contributed by atoms with Crippen molar-refractivity contribution in [1.82, 2.24) is 4.98 Å². The zero-order chi connectivity index (χ0) is 22.0. The predicted molar refractivity (Wildman–Crippen MR) is 114 cm³/mol. The van der Waals surface area contributed by atoms with Gasteiger partial charge in [0, 0.05) is 18.7 Å². The van der Waals surface area contributed by atoms with E-state index in [0.29, 0.717) is 12.2 Å². The summed E-state index contributed by atoms with van der Waals surface area (Å²) in [7, 11) is -3.81. The Labute approximate surface area is 179 Å². The number of hydrogen-bond acceptors (Lipinski definition) is 5. The van der Waals surface area contributed by atoms with E-state index in [9.17, 15) is 22.7 Å². The van der Waals surface area contributed by atoms with Crippen LogP contribution in [0.4, 0.5) is 10.1 Å². The number of aryl methyl sites for hydroxylation is 1. The molecule has 1 atom stereocenters. The minimum absolute atomic E-state index is 0.0701. The Kier molecular flexibility index (Phi) is 5.73. The van der Waals surface area contributed by atoms with Crippen LogP contribution in [0.5, 0.6) is 0 Å². The summed E-state index contributed by atoms with van der Waals surface area (Å²) in [5.41, 5.74) is 2.59. The summed E-state index contributed by atoms with van der Waals surface area (Å²) in [5.74, 6) is -1.51. The van der Waals surface area contributed by atoms with Crippen LogP contribution in [-0.4, -0.2) is 31.0 Å². The zero-order valence-corrected chi connectivity index (χ0v) is 17.4. The number of carbonyl (C=O) groups is 1. The van der Waals surface area contributed by atoms with E-state index in [1.807, 2.05) is 6.07 Å². The van der Waals surface area contributed by atoms with Crippen LogP contribution in [0.15, 0.2) is 70.7 Å². The fraction of sp³-hybridized carbons (Fsp3) is 0.217. The molecule has 31 heavy (non-hydrogen) atoms. The first-order valence-corrected chi connectivity index (χ1v) is 11.4. The number of carboxylic acids is 1. The number of hydrogen-bond donors (Lipinski definition) is 2. The molecule has 1 aliphatic carbocycles. The molecule has 0 fully saturated rings. The average Bonchev–Trinajstić information content (AvgIpc) is 2.77. The largest absolute Gasteiger partial charge is 0.478 e. The minimum Gasteiger partial charge on any atom is -0.478 e. The summed E-state index contributed by atoms with van der Waals surface area (Å²) in [6, 6.07) is 11.5. The smallest absolute Gasteiger partial charge is 0.337 e. The lowest BCUT2D eigenvalue weighted by Crippen LogP contribution is -2.19. The Morgan fingerprint density at radius 2 is 1.97 bits per heavy atom. The van der Waals surface area contributed by atoms with Crippen LogP contribution in [0.25, 0.3) is 0 Å². The molecule has 0 radical (unpaired) electrons. The molecule has 0 saturated heterocycles. The van der Waals surface area contributed by atoms with Crippen molar-refractivity contribution < 1.29 is 22.7 Å². The molecule has 2 aromatic carbocycles. The molecule has 160 valence electrons. The van der Waals surface area contributed by atoms with Gasteiger partial charge in [-0.05, 0) is 66.8 Å². The van der Waals surface area contributed by atoms with Gasteiger partial charge >= 0.3 is 5.97 Å². The Hall–Kier alpha value is -3.26. The number of nitrogens with zero attached hydrogens (tertiary/aromatic N) is 1. The summed E-state index contributed by atoms with van der Waals surface area (Å²) in [4.78, 5) is 15.5. The van der Waals surface area contributed by atoms with Gasteiger partial charge in [0.15, 0.2) is 0 Å². The molecular weight excluding hydrogens is 419 g/mol. The Morgan fingerprint density at radius 3 is 2.74 bits per heavy atom. The van der Waals surface area contributed by atoms with Crippen molar-refractivity contribution in [2.45, 2.75) is 35.0 Å². The summed E-state index contributed by atoms with van der Waals surface area (Å²) in [6.45, 7) is 0.509.